The highest BCUT2D eigenvalue weighted by molar-refractivity contribution is 5.65. The van der Waals surface area contributed by atoms with Crippen LogP contribution in [0.1, 0.15) is 30.5 Å². The Bertz CT molecular complexity index is 1160. The van der Waals surface area contributed by atoms with E-state index in [2.05, 4.69) is 21.7 Å². The maximum atomic E-state index is 10.3. The monoisotopic (exact) mass is 491 g/mol. The van der Waals surface area contributed by atoms with Gasteiger partial charge in [0, 0.05) is 44.7 Å². The summed E-state index contributed by atoms with van der Waals surface area (Å²) in [5.74, 6) is 7.37. The van der Waals surface area contributed by atoms with E-state index in [0.29, 0.717) is 25.5 Å². The standard InChI is InChI=1S/C28H33N3O5/c1-20(33)28-29-13-14-31(28)24(19-32)10-5-21-3-6-22(7-4-21)23-8-11-25(12-9-23)36-27-18-30(15-16-35-2)17-26(27)34/h3-4,6-9,11-14,20,24,26-27,32-34H,15-19H2,1-2H3/t20-,24-,26+,27+/m0/s1. The lowest BCUT2D eigenvalue weighted by atomic mass is 10.0. The fourth-order valence-electron chi connectivity index (χ4n) is 4.28. The van der Waals surface area contributed by atoms with Crippen molar-refractivity contribution in [3.63, 3.8) is 0 Å². The Morgan fingerprint density at radius 3 is 2.42 bits per heavy atom. The molecule has 3 N–H and O–H groups in total. The minimum atomic E-state index is -0.745. The van der Waals surface area contributed by atoms with Crippen LogP contribution in [0.3, 0.4) is 0 Å². The van der Waals surface area contributed by atoms with E-state index in [1.807, 2.05) is 48.5 Å². The Balaban J connectivity index is 1.38. The van der Waals surface area contributed by atoms with Gasteiger partial charge in [0.2, 0.25) is 0 Å². The average molecular weight is 492 g/mol. The molecule has 0 radical (unpaired) electrons. The van der Waals surface area contributed by atoms with Crippen molar-refractivity contribution < 1.29 is 24.8 Å². The first kappa shape index (κ1) is 25.9. The summed E-state index contributed by atoms with van der Waals surface area (Å²) in [5.41, 5.74) is 2.91. The van der Waals surface area contributed by atoms with Gasteiger partial charge in [-0.05, 0) is 42.3 Å². The number of ether oxygens (including phenoxy) is 2. The second-order valence-electron chi connectivity index (χ2n) is 8.91. The Labute approximate surface area is 211 Å². The summed E-state index contributed by atoms with van der Waals surface area (Å²) in [6.07, 6.45) is 1.77. The number of aliphatic hydroxyl groups excluding tert-OH is 3. The molecule has 0 bridgehead atoms. The third-order valence-corrected chi connectivity index (χ3v) is 6.25. The molecule has 0 aliphatic carbocycles. The fourth-order valence-corrected chi connectivity index (χ4v) is 4.28. The summed E-state index contributed by atoms with van der Waals surface area (Å²) in [4.78, 5) is 6.28. The Morgan fingerprint density at radius 1 is 1.08 bits per heavy atom. The SMILES string of the molecule is COCCN1C[C@@H](O)[C@H](Oc2ccc(-c3ccc(C#C[C@@H](CO)n4ccnc4[C@H](C)O)cc3)cc2)C1. The first-order chi connectivity index (χ1) is 17.5. The molecule has 4 atom stereocenters. The third kappa shape index (κ3) is 6.32. The summed E-state index contributed by atoms with van der Waals surface area (Å²) in [7, 11) is 1.67. The molecule has 8 heteroatoms. The van der Waals surface area contributed by atoms with Crippen LogP contribution in [0.15, 0.2) is 60.9 Å². The van der Waals surface area contributed by atoms with Gasteiger partial charge in [0.05, 0.1) is 13.2 Å². The van der Waals surface area contributed by atoms with Crippen LogP contribution in [0.5, 0.6) is 5.75 Å². The molecule has 3 aromatic rings. The van der Waals surface area contributed by atoms with E-state index < -0.39 is 18.2 Å². The summed E-state index contributed by atoms with van der Waals surface area (Å²) in [6.45, 7) is 4.12. The zero-order chi connectivity index (χ0) is 25.5. The third-order valence-electron chi connectivity index (χ3n) is 6.25. The van der Waals surface area contributed by atoms with Gasteiger partial charge in [0.15, 0.2) is 0 Å². The minimum absolute atomic E-state index is 0.182. The van der Waals surface area contributed by atoms with Crippen molar-refractivity contribution in [3.8, 4) is 28.7 Å². The summed E-state index contributed by atoms with van der Waals surface area (Å²) in [6, 6.07) is 15.2. The molecular weight excluding hydrogens is 458 g/mol. The molecule has 2 heterocycles. The topological polar surface area (TPSA) is 100 Å². The predicted octanol–water partition coefficient (Wildman–Crippen LogP) is 2.26. The van der Waals surface area contributed by atoms with Crippen molar-refractivity contribution in [1.82, 2.24) is 14.5 Å². The molecule has 190 valence electrons. The lowest BCUT2D eigenvalue weighted by molar-refractivity contribution is 0.0736. The van der Waals surface area contributed by atoms with E-state index in [0.717, 1.165) is 29.0 Å². The minimum Gasteiger partial charge on any atom is -0.486 e. The van der Waals surface area contributed by atoms with Crippen LogP contribution in [0, 0.1) is 11.8 Å². The Kier molecular flexibility index (Phi) is 8.75. The van der Waals surface area contributed by atoms with Gasteiger partial charge in [-0.1, -0.05) is 36.1 Å². The van der Waals surface area contributed by atoms with Crippen molar-refractivity contribution in [1.29, 1.82) is 0 Å². The van der Waals surface area contributed by atoms with Gasteiger partial charge in [-0.3, -0.25) is 4.90 Å². The second-order valence-corrected chi connectivity index (χ2v) is 8.91. The first-order valence-electron chi connectivity index (χ1n) is 12.1. The molecule has 2 aromatic carbocycles. The second kappa shape index (κ2) is 12.2. The maximum absolute atomic E-state index is 10.3. The van der Waals surface area contributed by atoms with Crippen molar-refractivity contribution in [2.75, 3.05) is 40.0 Å². The van der Waals surface area contributed by atoms with Gasteiger partial charge in [-0.25, -0.2) is 4.98 Å². The van der Waals surface area contributed by atoms with Gasteiger partial charge < -0.3 is 29.4 Å². The molecule has 0 unspecified atom stereocenters. The molecule has 4 rings (SSSR count). The number of aliphatic hydroxyl groups is 3. The van der Waals surface area contributed by atoms with E-state index in [1.54, 1.807) is 31.0 Å². The van der Waals surface area contributed by atoms with Gasteiger partial charge in [0.1, 0.15) is 35.9 Å². The molecule has 0 amide bonds. The van der Waals surface area contributed by atoms with Crippen LogP contribution in [0.25, 0.3) is 11.1 Å². The highest BCUT2D eigenvalue weighted by Crippen LogP contribution is 2.25. The summed E-state index contributed by atoms with van der Waals surface area (Å²) >= 11 is 0. The van der Waals surface area contributed by atoms with Crippen LogP contribution in [0.2, 0.25) is 0 Å². The number of likely N-dealkylation sites (tertiary alicyclic amines) is 1. The van der Waals surface area contributed by atoms with E-state index in [-0.39, 0.29) is 12.7 Å². The van der Waals surface area contributed by atoms with Gasteiger partial charge in [-0.15, -0.1) is 0 Å². The quantitative estimate of drug-likeness (QED) is 0.395. The van der Waals surface area contributed by atoms with Crippen molar-refractivity contribution >= 4 is 0 Å². The molecule has 36 heavy (non-hydrogen) atoms. The van der Waals surface area contributed by atoms with Crippen LogP contribution in [-0.4, -0.2) is 81.9 Å². The molecule has 1 fully saturated rings. The number of benzene rings is 2. The first-order valence-corrected chi connectivity index (χ1v) is 12.1. The predicted molar refractivity (Wildman–Crippen MR) is 136 cm³/mol. The number of nitrogens with zero attached hydrogens (tertiary/aromatic N) is 3. The lowest BCUT2D eigenvalue weighted by Gasteiger charge is -2.17. The number of β-amino-alcohol motifs (C(OH)–C–C–N with tert-alkyl or cyclic N) is 1. The van der Waals surface area contributed by atoms with E-state index in [9.17, 15) is 15.3 Å². The van der Waals surface area contributed by atoms with Gasteiger partial charge in [-0.2, -0.15) is 0 Å². The number of methoxy groups -OCH3 is 1. The van der Waals surface area contributed by atoms with Crippen LogP contribution >= 0.6 is 0 Å². The van der Waals surface area contributed by atoms with Gasteiger partial charge in [0.25, 0.3) is 0 Å². The Hall–Kier alpha value is -3.19. The fraction of sp³-hybridized carbons (Fsp3) is 0.393. The van der Waals surface area contributed by atoms with Crippen LogP contribution < -0.4 is 4.74 Å². The number of rotatable bonds is 9. The molecule has 1 saturated heterocycles. The summed E-state index contributed by atoms with van der Waals surface area (Å²) < 4.78 is 12.8. The maximum Gasteiger partial charge on any atom is 0.138 e. The number of imidazole rings is 1. The zero-order valence-electron chi connectivity index (χ0n) is 20.6. The molecule has 0 spiro atoms. The van der Waals surface area contributed by atoms with E-state index in [4.69, 9.17) is 9.47 Å². The lowest BCUT2D eigenvalue weighted by Crippen LogP contribution is -2.30. The van der Waals surface area contributed by atoms with Crippen LogP contribution in [-0.2, 0) is 4.74 Å². The number of hydrogen-bond acceptors (Lipinski definition) is 7. The normalized spacial score (nSPS) is 19.5. The molecule has 0 saturated carbocycles. The molecule has 1 aliphatic heterocycles. The van der Waals surface area contributed by atoms with Crippen molar-refractivity contribution in [3.05, 3.63) is 72.3 Å². The molecule has 1 aliphatic rings. The zero-order valence-corrected chi connectivity index (χ0v) is 20.6. The van der Waals surface area contributed by atoms with E-state index in [1.165, 1.54) is 0 Å². The highest BCUT2D eigenvalue weighted by Gasteiger charge is 2.32. The van der Waals surface area contributed by atoms with E-state index >= 15 is 0 Å². The average Bonchev–Trinajstić information content (AvgIpc) is 3.51. The highest BCUT2D eigenvalue weighted by atomic mass is 16.5. The largest absolute Gasteiger partial charge is 0.486 e. The molecule has 1 aromatic heterocycles. The number of hydrogen-bond donors (Lipinski definition) is 3. The van der Waals surface area contributed by atoms with Crippen molar-refractivity contribution in [2.24, 2.45) is 0 Å². The molecular formula is C28H33N3O5. The van der Waals surface area contributed by atoms with Crippen LogP contribution in [0.4, 0.5) is 0 Å². The smallest absolute Gasteiger partial charge is 0.138 e. The number of aromatic nitrogens is 2. The Morgan fingerprint density at radius 2 is 1.78 bits per heavy atom. The molecule has 8 nitrogen and oxygen atoms in total. The van der Waals surface area contributed by atoms with Crippen molar-refractivity contribution in [2.45, 2.75) is 31.3 Å². The summed E-state index contributed by atoms with van der Waals surface area (Å²) in [5, 5.41) is 30.0. The van der Waals surface area contributed by atoms with Gasteiger partial charge >= 0.3 is 0 Å².